The van der Waals surface area contributed by atoms with Crippen LogP contribution in [0.4, 0.5) is 0 Å². The number of carbonyl (C=O) groups excluding carboxylic acids is 1. The van der Waals surface area contributed by atoms with E-state index in [0.717, 1.165) is 23.1 Å². The van der Waals surface area contributed by atoms with Crippen LogP contribution in [-0.4, -0.2) is 20.9 Å². The Labute approximate surface area is 97.5 Å². The highest BCUT2D eigenvalue weighted by Gasteiger charge is 2.07. The first kappa shape index (κ1) is 9.72. The van der Waals surface area contributed by atoms with Crippen LogP contribution < -0.4 is 0 Å². The summed E-state index contributed by atoms with van der Waals surface area (Å²) in [7, 11) is 0. The van der Waals surface area contributed by atoms with E-state index in [-0.39, 0.29) is 0 Å². The standard InChI is InChI=1S/C13H9N3O/c17-9-10-6-14-13-12(7-15-16(13)8-10)11-4-2-1-3-5-11/h1-9H. The molecule has 0 unspecified atom stereocenters. The number of aromatic nitrogens is 3. The van der Waals surface area contributed by atoms with Crippen LogP contribution in [0, 0.1) is 0 Å². The molecule has 3 rings (SSSR count). The molecule has 3 aromatic rings. The zero-order valence-corrected chi connectivity index (χ0v) is 8.95. The molecule has 0 aliphatic rings. The van der Waals surface area contributed by atoms with Gasteiger partial charge in [0.1, 0.15) is 0 Å². The van der Waals surface area contributed by atoms with Gasteiger partial charge in [0.15, 0.2) is 11.9 Å². The molecule has 0 saturated carbocycles. The van der Waals surface area contributed by atoms with Gasteiger partial charge >= 0.3 is 0 Å². The van der Waals surface area contributed by atoms with E-state index in [2.05, 4.69) is 10.1 Å². The lowest BCUT2D eigenvalue weighted by atomic mass is 10.1. The Kier molecular flexibility index (Phi) is 2.19. The molecule has 0 spiro atoms. The van der Waals surface area contributed by atoms with E-state index in [1.807, 2.05) is 30.3 Å². The predicted molar refractivity (Wildman–Crippen MR) is 63.8 cm³/mol. The second kappa shape index (κ2) is 3.83. The third-order valence-corrected chi connectivity index (χ3v) is 2.60. The molecule has 17 heavy (non-hydrogen) atoms. The predicted octanol–water partition coefficient (Wildman–Crippen LogP) is 2.21. The summed E-state index contributed by atoms with van der Waals surface area (Å²) in [6.45, 7) is 0. The summed E-state index contributed by atoms with van der Waals surface area (Å²) >= 11 is 0. The van der Waals surface area contributed by atoms with Crippen LogP contribution in [-0.2, 0) is 0 Å². The summed E-state index contributed by atoms with van der Waals surface area (Å²) in [6, 6.07) is 9.92. The minimum absolute atomic E-state index is 0.514. The Balaban J connectivity index is 2.22. The molecular weight excluding hydrogens is 214 g/mol. The maximum atomic E-state index is 10.6. The molecule has 0 amide bonds. The Morgan fingerprint density at radius 3 is 2.71 bits per heavy atom. The van der Waals surface area contributed by atoms with E-state index in [4.69, 9.17) is 0 Å². The van der Waals surface area contributed by atoms with Gasteiger partial charge in [0.05, 0.1) is 11.8 Å². The first-order valence-corrected chi connectivity index (χ1v) is 5.22. The van der Waals surface area contributed by atoms with Gasteiger partial charge in [-0.25, -0.2) is 9.50 Å². The fourth-order valence-electron chi connectivity index (χ4n) is 1.77. The number of aldehydes is 1. The van der Waals surface area contributed by atoms with Gasteiger partial charge < -0.3 is 0 Å². The zero-order chi connectivity index (χ0) is 11.7. The highest BCUT2D eigenvalue weighted by atomic mass is 16.1. The smallest absolute Gasteiger partial charge is 0.162 e. The van der Waals surface area contributed by atoms with Gasteiger partial charge in [0.25, 0.3) is 0 Å². The van der Waals surface area contributed by atoms with E-state index in [9.17, 15) is 4.79 Å². The summed E-state index contributed by atoms with van der Waals surface area (Å²) in [5.74, 6) is 0. The van der Waals surface area contributed by atoms with Crippen LogP contribution >= 0.6 is 0 Å². The van der Waals surface area contributed by atoms with Crippen molar-refractivity contribution in [3.05, 3.63) is 54.5 Å². The van der Waals surface area contributed by atoms with Crippen LogP contribution in [0.1, 0.15) is 10.4 Å². The monoisotopic (exact) mass is 223 g/mol. The van der Waals surface area contributed by atoms with Gasteiger partial charge in [-0.1, -0.05) is 30.3 Å². The van der Waals surface area contributed by atoms with Crippen LogP contribution in [0.5, 0.6) is 0 Å². The molecule has 0 fully saturated rings. The van der Waals surface area contributed by atoms with Crippen molar-refractivity contribution in [2.24, 2.45) is 0 Å². The molecule has 4 heteroatoms. The average Bonchev–Trinajstić information content (AvgIpc) is 2.82. The second-order valence-corrected chi connectivity index (χ2v) is 3.70. The summed E-state index contributed by atoms with van der Waals surface area (Å²) < 4.78 is 1.62. The zero-order valence-electron chi connectivity index (χ0n) is 8.95. The van der Waals surface area contributed by atoms with E-state index in [1.165, 1.54) is 0 Å². The third kappa shape index (κ3) is 1.59. The van der Waals surface area contributed by atoms with Crippen molar-refractivity contribution in [2.75, 3.05) is 0 Å². The highest BCUT2D eigenvalue weighted by Crippen LogP contribution is 2.22. The molecule has 4 nitrogen and oxygen atoms in total. The summed E-state index contributed by atoms with van der Waals surface area (Å²) in [4.78, 5) is 14.9. The van der Waals surface area contributed by atoms with Gasteiger partial charge in [-0.15, -0.1) is 0 Å². The van der Waals surface area contributed by atoms with Crippen molar-refractivity contribution < 1.29 is 4.79 Å². The Bertz CT molecular complexity index is 673. The Morgan fingerprint density at radius 2 is 1.94 bits per heavy atom. The summed E-state index contributed by atoms with van der Waals surface area (Å²) in [5, 5.41) is 4.20. The second-order valence-electron chi connectivity index (χ2n) is 3.70. The molecule has 0 N–H and O–H groups in total. The Hall–Kier alpha value is -2.49. The summed E-state index contributed by atoms with van der Waals surface area (Å²) in [5.41, 5.74) is 3.29. The van der Waals surface area contributed by atoms with E-state index in [0.29, 0.717) is 5.56 Å². The topological polar surface area (TPSA) is 47.3 Å². The molecule has 0 radical (unpaired) electrons. The third-order valence-electron chi connectivity index (χ3n) is 2.60. The number of carbonyl (C=O) groups is 1. The average molecular weight is 223 g/mol. The Morgan fingerprint density at radius 1 is 1.12 bits per heavy atom. The van der Waals surface area contributed by atoms with Crippen LogP contribution in [0.15, 0.2) is 48.9 Å². The van der Waals surface area contributed by atoms with E-state index >= 15 is 0 Å². The molecule has 0 bridgehead atoms. The number of rotatable bonds is 2. The largest absolute Gasteiger partial charge is 0.298 e. The SMILES string of the molecule is O=Cc1cnc2c(-c3ccccc3)cnn2c1. The van der Waals surface area contributed by atoms with Gasteiger partial charge in [-0.3, -0.25) is 4.79 Å². The molecule has 2 aromatic heterocycles. The normalized spacial score (nSPS) is 10.6. The number of benzene rings is 1. The maximum Gasteiger partial charge on any atom is 0.162 e. The van der Waals surface area contributed by atoms with Crippen molar-refractivity contribution in [1.82, 2.24) is 14.6 Å². The van der Waals surface area contributed by atoms with Gasteiger partial charge in [0, 0.05) is 18.0 Å². The minimum atomic E-state index is 0.514. The van der Waals surface area contributed by atoms with Crippen molar-refractivity contribution in [2.45, 2.75) is 0 Å². The number of fused-ring (bicyclic) bond motifs is 1. The molecular formula is C13H9N3O. The van der Waals surface area contributed by atoms with Crippen LogP contribution in [0.3, 0.4) is 0 Å². The lowest BCUT2D eigenvalue weighted by Crippen LogP contribution is -1.93. The van der Waals surface area contributed by atoms with Gasteiger partial charge in [0.2, 0.25) is 0 Å². The fourth-order valence-corrected chi connectivity index (χ4v) is 1.77. The van der Waals surface area contributed by atoms with Crippen molar-refractivity contribution in [3.8, 4) is 11.1 Å². The molecule has 1 aromatic carbocycles. The highest BCUT2D eigenvalue weighted by molar-refractivity contribution is 5.79. The van der Waals surface area contributed by atoms with Gasteiger partial charge in [-0.05, 0) is 5.56 Å². The molecule has 0 saturated heterocycles. The number of hydrogen-bond acceptors (Lipinski definition) is 3. The fraction of sp³-hybridized carbons (Fsp3) is 0. The van der Waals surface area contributed by atoms with Crippen molar-refractivity contribution in [1.29, 1.82) is 0 Å². The minimum Gasteiger partial charge on any atom is -0.298 e. The number of hydrogen-bond donors (Lipinski definition) is 0. The van der Waals surface area contributed by atoms with Crippen LogP contribution in [0.2, 0.25) is 0 Å². The first-order valence-electron chi connectivity index (χ1n) is 5.22. The van der Waals surface area contributed by atoms with Crippen molar-refractivity contribution >= 4 is 11.9 Å². The lowest BCUT2D eigenvalue weighted by Gasteiger charge is -1.98. The van der Waals surface area contributed by atoms with Gasteiger partial charge in [-0.2, -0.15) is 5.10 Å². The van der Waals surface area contributed by atoms with E-state index < -0.39 is 0 Å². The molecule has 0 aliphatic heterocycles. The van der Waals surface area contributed by atoms with E-state index in [1.54, 1.807) is 23.1 Å². The van der Waals surface area contributed by atoms with Crippen molar-refractivity contribution in [3.63, 3.8) is 0 Å². The maximum absolute atomic E-state index is 10.6. The lowest BCUT2D eigenvalue weighted by molar-refractivity contribution is 0.112. The van der Waals surface area contributed by atoms with Crippen LogP contribution in [0.25, 0.3) is 16.8 Å². The molecule has 2 heterocycles. The quantitative estimate of drug-likeness (QED) is 0.626. The number of nitrogens with zero attached hydrogens (tertiary/aromatic N) is 3. The first-order chi connectivity index (χ1) is 8.38. The summed E-state index contributed by atoms with van der Waals surface area (Å²) in [6.07, 6.45) is 5.74. The molecule has 0 atom stereocenters. The molecule has 82 valence electrons. The molecule has 0 aliphatic carbocycles.